The lowest BCUT2D eigenvalue weighted by Crippen LogP contribution is -2.06. The molecule has 1 saturated carbocycles. The molecular formula is C11H10Cl2N4. The Morgan fingerprint density at radius 2 is 2.06 bits per heavy atom. The van der Waals surface area contributed by atoms with Crippen molar-refractivity contribution in [2.75, 3.05) is 0 Å². The van der Waals surface area contributed by atoms with E-state index >= 15 is 0 Å². The predicted molar refractivity (Wildman–Crippen MR) is 65.9 cm³/mol. The van der Waals surface area contributed by atoms with Crippen molar-refractivity contribution >= 4 is 23.2 Å². The van der Waals surface area contributed by atoms with Crippen LogP contribution in [0.2, 0.25) is 10.2 Å². The maximum Gasteiger partial charge on any atom is 0.161 e. The van der Waals surface area contributed by atoms with Crippen LogP contribution in [0.1, 0.15) is 30.1 Å². The molecule has 1 fully saturated rings. The number of hydrogen-bond acceptors (Lipinski definition) is 3. The minimum absolute atomic E-state index is 0.456. The third kappa shape index (κ3) is 2.03. The van der Waals surface area contributed by atoms with Gasteiger partial charge in [0, 0.05) is 11.5 Å². The highest BCUT2D eigenvalue weighted by atomic mass is 35.5. The smallest absolute Gasteiger partial charge is 0.161 e. The monoisotopic (exact) mass is 268 g/mol. The van der Waals surface area contributed by atoms with Gasteiger partial charge in [0.25, 0.3) is 0 Å². The van der Waals surface area contributed by atoms with Gasteiger partial charge in [-0.05, 0) is 19.8 Å². The number of nitrogens with zero attached hydrogens (tertiary/aromatic N) is 4. The third-order valence-corrected chi connectivity index (χ3v) is 3.35. The molecule has 0 amide bonds. The molecule has 0 spiro atoms. The number of aromatic nitrogens is 4. The van der Waals surface area contributed by atoms with Crippen molar-refractivity contribution in [1.29, 1.82) is 0 Å². The van der Waals surface area contributed by atoms with Crippen molar-refractivity contribution in [3.8, 4) is 5.82 Å². The molecule has 2 aromatic heterocycles. The van der Waals surface area contributed by atoms with Crippen molar-refractivity contribution in [1.82, 2.24) is 19.7 Å². The number of hydrogen-bond donors (Lipinski definition) is 0. The zero-order chi connectivity index (χ0) is 12.0. The van der Waals surface area contributed by atoms with Gasteiger partial charge in [-0.15, -0.1) is 0 Å². The highest BCUT2D eigenvalue weighted by Crippen LogP contribution is 2.39. The zero-order valence-corrected chi connectivity index (χ0v) is 10.7. The van der Waals surface area contributed by atoms with Gasteiger partial charge in [0.2, 0.25) is 0 Å². The molecule has 0 bridgehead atoms. The summed E-state index contributed by atoms with van der Waals surface area (Å²) in [6.07, 6.45) is 5.56. The van der Waals surface area contributed by atoms with Crippen molar-refractivity contribution < 1.29 is 0 Å². The lowest BCUT2D eigenvalue weighted by molar-refractivity contribution is 0.799. The molecule has 0 atom stereocenters. The Kier molecular flexibility index (Phi) is 2.56. The molecule has 0 radical (unpaired) electrons. The summed E-state index contributed by atoms with van der Waals surface area (Å²) in [5.74, 6) is 1.97. The van der Waals surface area contributed by atoms with E-state index in [9.17, 15) is 0 Å². The van der Waals surface area contributed by atoms with E-state index in [1.54, 1.807) is 17.1 Å². The summed E-state index contributed by atoms with van der Waals surface area (Å²) in [6, 6.07) is 0. The summed E-state index contributed by atoms with van der Waals surface area (Å²) >= 11 is 12.0. The third-order valence-electron chi connectivity index (χ3n) is 2.79. The van der Waals surface area contributed by atoms with Crippen LogP contribution in [0.15, 0.2) is 12.4 Å². The van der Waals surface area contributed by atoms with Crippen molar-refractivity contribution in [3.05, 3.63) is 34.0 Å². The van der Waals surface area contributed by atoms with E-state index in [1.165, 1.54) is 0 Å². The fourth-order valence-electron chi connectivity index (χ4n) is 1.66. The molecule has 6 heteroatoms. The van der Waals surface area contributed by atoms with Crippen molar-refractivity contribution in [2.45, 2.75) is 25.7 Å². The molecular weight excluding hydrogens is 259 g/mol. The first-order valence-electron chi connectivity index (χ1n) is 5.39. The van der Waals surface area contributed by atoms with E-state index in [1.807, 2.05) is 6.92 Å². The van der Waals surface area contributed by atoms with E-state index in [4.69, 9.17) is 23.2 Å². The minimum atomic E-state index is 0.456. The lowest BCUT2D eigenvalue weighted by Gasteiger charge is -2.08. The molecule has 0 saturated heterocycles. The molecule has 0 aromatic carbocycles. The van der Waals surface area contributed by atoms with E-state index in [2.05, 4.69) is 15.1 Å². The van der Waals surface area contributed by atoms with Crippen LogP contribution in [0, 0.1) is 6.92 Å². The van der Waals surface area contributed by atoms with Crippen LogP contribution in [-0.2, 0) is 0 Å². The molecule has 3 rings (SSSR count). The lowest BCUT2D eigenvalue weighted by atomic mass is 10.3. The van der Waals surface area contributed by atoms with Crippen LogP contribution >= 0.6 is 23.2 Å². The second kappa shape index (κ2) is 3.96. The van der Waals surface area contributed by atoms with E-state index in [0.29, 0.717) is 21.9 Å². The van der Waals surface area contributed by atoms with Gasteiger partial charge in [-0.25, -0.2) is 14.6 Å². The van der Waals surface area contributed by atoms with E-state index in [-0.39, 0.29) is 0 Å². The second-order valence-electron chi connectivity index (χ2n) is 4.20. The summed E-state index contributed by atoms with van der Waals surface area (Å²) in [4.78, 5) is 8.83. The largest absolute Gasteiger partial charge is 0.221 e. The molecule has 17 heavy (non-hydrogen) atoms. The molecule has 2 aromatic rings. The normalized spacial score (nSPS) is 15.2. The first kappa shape index (κ1) is 11.0. The number of rotatable bonds is 2. The second-order valence-corrected chi connectivity index (χ2v) is 4.99. The molecule has 0 N–H and O–H groups in total. The van der Waals surface area contributed by atoms with E-state index in [0.717, 1.165) is 24.2 Å². The van der Waals surface area contributed by atoms with Crippen LogP contribution < -0.4 is 0 Å². The van der Waals surface area contributed by atoms with Gasteiger partial charge >= 0.3 is 0 Å². The Hall–Kier alpha value is -1.13. The fraction of sp³-hybridized carbons (Fsp3) is 0.364. The Labute approximate surface area is 109 Å². The Bertz CT molecular complexity index is 575. The predicted octanol–water partition coefficient (Wildman–Crippen LogP) is 3.15. The molecule has 1 aliphatic rings. The Morgan fingerprint density at radius 1 is 1.29 bits per heavy atom. The minimum Gasteiger partial charge on any atom is -0.221 e. The van der Waals surface area contributed by atoms with Gasteiger partial charge in [0.1, 0.15) is 11.0 Å². The van der Waals surface area contributed by atoms with Gasteiger partial charge in [-0.2, -0.15) is 5.10 Å². The molecule has 0 aliphatic heterocycles. The summed E-state index contributed by atoms with van der Waals surface area (Å²) in [5.41, 5.74) is 0.816. The maximum absolute atomic E-state index is 6.12. The molecule has 4 nitrogen and oxygen atoms in total. The summed E-state index contributed by atoms with van der Waals surface area (Å²) < 4.78 is 1.64. The van der Waals surface area contributed by atoms with E-state index < -0.39 is 0 Å². The average Bonchev–Trinajstić information content (AvgIpc) is 3.05. The molecule has 2 heterocycles. The first-order chi connectivity index (χ1) is 8.15. The maximum atomic E-state index is 6.12. The topological polar surface area (TPSA) is 43.6 Å². The average molecular weight is 269 g/mol. The quantitative estimate of drug-likeness (QED) is 0.786. The van der Waals surface area contributed by atoms with Gasteiger partial charge in [-0.1, -0.05) is 23.2 Å². The number of halogens is 2. The highest BCUT2D eigenvalue weighted by molar-refractivity contribution is 6.30. The molecule has 1 aliphatic carbocycles. The fourth-order valence-corrected chi connectivity index (χ4v) is 1.97. The van der Waals surface area contributed by atoms with Crippen molar-refractivity contribution in [3.63, 3.8) is 0 Å². The Morgan fingerprint density at radius 3 is 2.65 bits per heavy atom. The van der Waals surface area contributed by atoms with Crippen LogP contribution in [0.25, 0.3) is 5.82 Å². The van der Waals surface area contributed by atoms with Crippen LogP contribution in [-0.4, -0.2) is 19.7 Å². The summed E-state index contributed by atoms with van der Waals surface area (Å²) in [6.45, 7) is 1.88. The van der Waals surface area contributed by atoms with Crippen LogP contribution in [0.5, 0.6) is 0 Å². The summed E-state index contributed by atoms with van der Waals surface area (Å²) in [7, 11) is 0. The summed E-state index contributed by atoms with van der Waals surface area (Å²) in [5, 5.41) is 5.21. The van der Waals surface area contributed by atoms with Gasteiger partial charge < -0.3 is 0 Å². The van der Waals surface area contributed by atoms with Crippen molar-refractivity contribution in [2.24, 2.45) is 0 Å². The van der Waals surface area contributed by atoms with Gasteiger partial charge in [0.15, 0.2) is 5.82 Å². The zero-order valence-electron chi connectivity index (χ0n) is 9.19. The molecule has 88 valence electrons. The standard InChI is InChI=1S/C11H10Cl2N4/c1-6-9(13)15-10(7-2-3-7)16-11(6)17-5-8(12)4-14-17/h4-5,7H,2-3H2,1H3. The van der Waals surface area contributed by atoms with Crippen LogP contribution in [0.4, 0.5) is 0 Å². The highest BCUT2D eigenvalue weighted by Gasteiger charge is 2.28. The Balaban J connectivity index is 2.13. The SMILES string of the molecule is Cc1c(Cl)nc(C2CC2)nc1-n1cc(Cl)cn1. The molecule has 0 unspecified atom stereocenters. The first-order valence-corrected chi connectivity index (χ1v) is 6.15. The van der Waals surface area contributed by atoms with Crippen LogP contribution in [0.3, 0.4) is 0 Å². The van der Waals surface area contributed by atoms with Gasteiger partial charge in [0.05, 0.1) is 17.4 Å². The van der Waals surface area contributed by atoms with Gasteiger partial charge in [-0.3, -0.25) is 0 Å².